The van der Waals surface area contributed by atoms with E-state index < -0.39 is 5.97 Å². The van der Waals surface area contributed by atoms with E-state index in [-0.39, 0.29) is 6.42 Å². The van der Waals surface area contributed by atoms with Gasteiger partial charge in [0.05, 0.1) is 6.42 Å². The summed E-state index contributed by atoms with van der Waals surface area (Å²) in [6, 6.07) is 4.04. The molecule has 4 heteroatoms. The third-order valence-electron chi connectivity index (χ3n) is 2.82. The molecule has 2 rings (SSSR count). The number of anilines is 1. The highest BCUT2D eigenvalue weighted by atomic mass is 16.4. The number of aliphatic carboxylic acids is 1. The Balaban J connectivity index is 1.97. The average molecular weight is 220 g/mol. The molecule has 0 aliphatic heterocycles. The van der Waals surface area contributed by atoms with E-state index in [9.17, 15) is 4.79 Å². The molecule has 1 aliphatic rings. The van der Waals surface area contributed by atoms with E-state index in [1.807, 2.05) is 6.07 Å². The van der Waals surface area contributed by atoms with Gasteiger partial charge in [0.1, 0.15) is 5.82 Å². The van der Waals surface area contributed by atoms with Gasteiger partial charge in [-0.25, -0.2) is 4.98 Å². The Morgan fingerprint density at radius 2 is 2.19 bits per heavy atom. The maximum atomic E-state index is 10.4. The van der Waals surface area contributed by atoms with Crippen molar-refractivity contribution in [2.24, 2.45) is 0 Å². The highest BCUT2D eigenvalue weighted by Crippen LogP contribution is 2.20. The van der Waals surface area contributed by atoms with Crippen molar-refractivity contribution in [1.29, 1.82) is 0 Å². The van der Waals surface area contributed by atoms with Crippen molar-refractivity contribution in [3.63, 3.8) is 0 Å². The first-order valence-electron chi connectivity index (χ1n) is 5.70. The van der Waals surface area contributed by atoms with Crippen molar-refractivity contribution >= 4 is 11.8 Å². The second kappa shape index (κ2) is 4.96. The summed E-state index contributed by atoms with van der Waals surface area (Å²) in [4.78, 5) is 14.9. The fourth-order valence-electron chi connectivity index (χ4n) is 1.98. The van der Waals surface area contributed by atoms with Crippen molar-refractivity contribution in [1.82, 2.24) is 4.98 Å². The average Bonchev–Trinajstić information content (AvgIpc) is 2.28. The molecule has 1 aliphatic carbocycles. The number of aryl methyl sites for hydroxylation is 2. The molecule has 0 unspecified atom stereocenters. The summed E-state index contributed by atoms with van der Waals surface area (Å²) in [7, 11) is 0. The Hall–Kier alpha value is -1.58. The molecule has 2 N–H and O–H groups in total. The Morgan fingerprint density at radius 1 is 1.38 bits per heavy atom. The van der Waals surface area contributed by atoms with Crippen LogP contribution in [0.1, 0.15) is 30.5 Å². The monoisotopic (exact) mass is 220 g/mol. The molecule has 0 bridgehead atoms. The topological polar surface area (TPSA) is 62.2 Å². The minimum atomic E-state index is -0.787. The predicted octanol–water partition coefficient (Wildman–Crippen LogP) is 1.85. The molecule has 0 atom stereocenters. The summed E-state index contributed by atoms with van der Waals surface area (Å²) in [6.07, 6.45) is 4.75. The molecule has 1 aromatic rings. The highest BCUT2D eigenvalue weighted by molar-refractivity contribution is 5.67. The van der Waals surface area contributed by atoms with Crippen LogP contribution in [0, 0.1) is 0 Å². The van der Waals surface area contributed by atoms with E-state index in [1.54, 1.807) is 0 Å². The van der Waals surface area contributed by atoms with Gasteiger partial charge in [-0.05, 0) is 37.3 Å². The highest BCUT2D eigenvalue weighted by Gasteiger charge is 2.10. The van der Waals surface area contributed by atoms with Gasteiger partial charge in [-0.3, -0.25) is 4.79 Å². The number of hydrogen-bond donors (Lipinski definition) is 2. The van der Waals surface area contributed by atoms with Crippen molar-refractivity contribution in [3.05, 3.63) is 23.4 Å². The summed E-state index contributed by atoms with van der Waals surface area (Å²) < 4.78 is 0. The van der Waals surface area contributed by atoms with E-state index >= 15 is 0 Å². The van der Waals surface area contributed by atoms with Gasteiger partial charge < -0.3 is 10.4 Å². The number of nitrogens with zero attached hydrogens (tertiary/aromatic N) is 1. The lowest BCUT2D eigenvalue weighted by Crippen LogP contribution is -2.11. The number of carboxylic acid groups (broad SMARTS) is 1. The van der Waals surface area contributed by atoms with E-state index in [4.69, 9.17) is 5.11 Å². The first kappa shape index (κ1) is 10.9. The Labute approximate surface area is 94.7 Å². The lowest BCUT2D eigenvalue weighted by molar-refractivity contribution is -0.136. The maximum Gasteiger partial charge on any atom is 0.305 e. The molecule has 0 radical (unpaired) electrons. The van der Waals surface area contributed by atoms with Crippen LogP contribution >= 0.6 is 0 Å². The lowest BCUT2D eigenvalue weighted by Gasteiger charge is -2.15. The van der Waals surface area contributed by atoms with Crippen LogP contribution in [0.2, 0.25) is 0 Å². The van der Waals surface area contributed by atoms with E-state index in [0.29, 0.717) is 6.54 Å². The minimum absolute atomic E-state index is 0.124. The predicted molar refractivity (Wildman–Crippen MR) is 61.6 cm³/mol. The van der Waals surface area contributed by atoms with Crippen LogP contribution in [0.3, 0.4) is 0 Å². The molecule has 1 aromatic heterocycles. The van der Waals surface area contributed by atoms with Crippen LogP contribution in [0.15, 0.2) is 12.1 Å². The zero-order chi connectivity index (χ0) is 11.4. The lowest BCUT2D eigenvalue weighted by atomic mass is 9.96. The van der Waals surface area contributed by atoms with Crippen LogP contribution in [-0.4, -0.2) is 22.6 Å². The Morgan fingerprint density at radius 3 is 3.00 bits per heavy atom. The van der Waals surface area contributed by atoms with E-state index in [0.717, 1.165) is 18.7 Å². The van der Waals surface area contributed by atoms with Gasteiger partial charge in [0.15, 0.2) is 0 Å². The van der Waals surface area contributed by atoms with Crippen LogP contribution < -0.4 is 5.32 Å². The quantitative estimate of drug-likeness (QED) is 0.812. The third-order valence-corrected chi connectivity index (χ3v) is 2.82. The maximum absolute atomic E-state index is 10.4. The Kier molecular flexibility index (Phi) is 3.39. The standard InChI is InChI=1S/C12H16N2O2/c15-12(16)7-8-13-11-6-5-9-3-1-2-4-10(9)14-11/h5-6H,1-4,7-8H2,(H,13,14)(H,15,16). The molecule has 16 heavy (non-hydrogen) atoms. The first-order chi connectivity index (χ1) is 7.75. The van der Waals surface area contributed by atoms with Crippen molar-refractivity contribution in [3.8, 4) is 0 Å². The van der Waals surface area contributed by atoms with Gasteiger partial charge in [-0.1, -0.05) is 6.07 Å². The smallest absolute Gasteiger partial charge is 0.305 e. The number of carboxylic acids is 1. The largest absolute Gasteiger partial charge is 0.481 e. The first-order valence-corrected chi connectivity index (χ1v) is 5.70. The fourth-order valence-corrected chi connectivity index (χ4v) is 1.98. The number of pyridine rings is 1. The number of carbonyl (C=O) groups is 1. The van der Waals surface area contributed by atoms with Crippen molar-refractivity contribution in [2.45, 2.75) is 32.1 Å². The molecule has 0 amide bonds. The molecule has 4 nitrogen and oxygen atoms in total. The summed E-state index contributed by atoms with van der Waals surface area (Å²) in [5.74, 6) is 0.00681. The molecule has 0 fully saturated rings. The summed E-state index contributed by atoms with van der Waals surface area (Å²) in [5, 5.41) is 11.6. The van der Waals surface area contributed by atoms with Crippen LogP contribution in [0.25, 0.3) is 0 Å². The van der Waals surface area contributed by atoms with Crippen LogP contribution in [-0.2, 0) is 17.6 Å². The molecule has 0 spiro atoms. The van der Waals surface area contributed by atoms with Gasteiger partial charge in [0, 0.05) is 12.2 Å². The normalized spacial score (nSPS) is 14.2. The molecule has 0 saturated heterocycles. The van der Waals surface area contributed by atoms with Crippen molar-refractivity contribution < 1.29 is 9.90 Å². The van der Waals surface area contributed by atoms with Crippen LogP contribution in [0.5, 0.6) is 0 Å². The summed E-state index contributed by atoms with van der Waals surface area (Å²) in [5.41, 5.74) is 2.52. The summed E-state index contributed by atoms with van der Waals surface area (Å²) >= 11 is 0. The van der Waals surface area contributed by atoms with Gasteiger partial charge in [0.2, 0.25) is 0 Å². The fraction of sp³-hybridized carbons (Fsp3) is 0.500. The van der Waals surface area contributed by atoms with Crippen LogP contribution in [0.4, 0.5) is 5.82 Å². The van der Waals surface area contributed by atoms with E-state index in [1.165, 1.54) is 24.1 Å². The van der Waals surface area contributed by atoms with Gasteiger partial charge in [-0.15, -0.1) is 0 Å². The minimum Gasteiger partial charge on any atom is -0.481 e. The molecule has 86 valence electrons. The molecule has 0 saturated carbocycles. The molecule has 1 heterocycles. The number of rotatable bonds is 4. The summed E-state index contributed by atoms with van der Waals surface area (Å²) in [6.45, 7) is 0.432. The molecule has 0 aromatic carbocycles. The molecular weight excluding hydrogens is 204 g/mol. The van der Waals surface area contributed by atoms with Gasteiger partial charge in [-0.2, -0.15) is 0 Å². The zero-order valence-corrected chi connectivity index (χ0v) is 9.20. The molecular formula is C12H16N2O2. The third kappa shape index (κ3) is 2.72. The Bertz CT molecular complexity index is 391. The second-order valence-corrected chi connectivity index (χ2v) is 4.08. The number of aromatic nitrogens is 1. The number of hydrogen-bond acceptors (Lipinski definition) is 3. The SMILES string of the molecule is O=C(O)CCNc1ccc2c(n1)CCCC2. The zero-order valence-electron chi connectivity index (χ0n) is 9.20. The number of fused-ring (bicyclic) bond motifs is 1. The second-order valence-electron chi connectivity index (χ2n) is 4.08. The van der Waals surface area contributed by atoms with Crippen molar-refractivity contribution in [2.75, 3.05) is 11.9 Å². The van der Waals surface area contributed by atoms with Gasteiger partial charge in [0.25, 0.3) is 0 Å². The number of nitrogens with one attached hydrogen (secondary N) is 1. The van der Waals surface area contributed by atoms with E-state index in [2.05, 4.69) is 16.4 Å². The van der Waals surface area contributed by atoms with Gasteiger partial charge >= 0.3 is 5.97 Å².